The van der Waals surface area contributed by atoms with E-state index in [0.29, 0.717) is 23.9 Å². The van der Waals surface area contributed by atoms with E-state index >= 15 is 0 Å². The van der Waals surface area contributed by atoms with Crippen LogP contribution in [0.25, 0.3) is 0 Å². The van der Waals surface area contributed by atoms with E-state index in [1.54, 1.807) is 6.07 Å². The van der Waals surface area contributed by atoms with Crippen molar-refractivity contribution in [2.45, 2.75) is 43.8 Å². The first-order valence-corrected chi connectivity index (χ1v) is 10.4. The highest BCUT2D eigenvalue weighted by Gasteiger charge is 2.63. The largest absolute Gasteiger partial charge is 0.472 e. The maximum atomic E-state index is 12.3. The quantitative estimate of drug-likeness (QED) is 0.884. The van der Waals surface area contributed by atoms with Gasteiger partial charge in [0.25, 0.3) is 5.91 Å². The second-order valence-electron chi connectivity index (χ2n) is 8.76. The summed E-state index contributed by atoms with van der Waals surface area (Å²) in [7, 11) is 0. The zero-order chi connectivity index (χ0) is 18.7. The molecule has 3 saturated heterocycles. The first kappa shape index (κ1) is 16.6. The van der Waals surface area contributed by atoms with Crippen LogP contribution in [0.5, 0.6) is 0 Å². The van der Waals surface area contributed by atoms with E-state index in [9.17, 15) is 4.79 Å². The zero-order valence-corrected chi connectivity index (χ0v) is 15.9. The number of hydrogen-bond acceptors (Lipinski definition) is 5. The first-order chi connectivity index (χ1) is 13.7. The summed E-state index contributed by atoms with van der Waals surface area (Å²) in [6.45, 7) is 2.55. The van der Waals surface area contributed by atoms with Crippen molar-refractivity contribution in [2.24, 2.45) is 11.8 Å². The van der Waals surface area contributed by atoms with Crippen LogP contribution in [0.15, 0.2) is 35.1 Å². The molecular weight excluding hydrogens is 354 g/mol. The van der Waals surface area contributed by atoms with Crippen LogP contribution in [-0.4, -0.2) is 42.2 Å². The molecule has 1 amide bonds. The third kappa shape index (κ3) is 2.43. The highest BCUT2D eigenvalue weighted by Crippen LogP contribution is 2.55. The minimum atomic E-state index is -0.0688. The Morgan fingerprint density at radius 1 is 1.32 bits per heavy atom. The van der Waals surface area contributed by atoms with E-state index in [1.165, 1.54) is 36.6 Å². The van der Waals surface area contributed by atoms with Gasteiger partial charge in [0.2, 0.25) is 0 Å². The fraction of sp³-hybridized carbons (Fsp3) is 0.545. The summed E-state index contributed by atoms with van der Waals surface area (Å²) < 4.78 is 11.5. The number of furan rings is 1. The van der Waals surface area contributed by atoms with Crippen LogP contribution in [0.4, 0.5) is 5.82 Å². The number of hydrogen-bond donors (Lipinski definition) is 1. The predicted molar refractivity (Wildman–Crippen MR) is 103 cm³/mol. The van der Waals surface area contributed by atoms with Crippen LogP contribution >= 0.6 is 0 Å². The molecule has 4 atom stereocenters. The lowest BCUT2D eigenvalue weighted by molar-refractivity contribution is 0.0141. The molecule has 0 unspecified atom stereocenters. The monoisotopic (exact) mass is 379 g/mol. The van der Waals surface area contributed by atoms with Crippen molar-refractivity contribution in [2.75, 3.05) is 24.5 Å². The highest BCUT2D eigenvalue weighted by molar-refractivity contribution is 5.93. The molecule has 146 valence electrons. The molecule has 6 nitrogen and oxygen atoms in total. The van der Waals surface area contributed by atoms with E-state index in [0.717, 1.165) is 38.2 Å². The summed E-state index contributed by atoms with van der Waals surface area (Å²) >= 11 is 0. The minimum Gasteiger partial charge on any atom is -0.472 e. The number of aromatic nitrogens is 1. The van der Waals surface area contributed by atoms with Gasteiger partial charge in [-0.15, -0.1) is 0 Å². The van der Waals surface area contributed by atoms with Crippen molar-refractivity contribution in [3.63, 3.8) is 0 Å². The molecule has 2 bridgehead atoms. The third-order valence-electron chi connectivity index (χ3n) is 7.30. The van der Waals surface area contributed by atoms with E-state index in [4.69, 9.17) is 14.1 Å². The van der Waals surface area contributed by atoms with Gasteiger partial charge in [0, 0.05) is 37.2 Å². The molecule has 6 rings (SSSR count). The third-order valence-corrected chi connectivity index (χ3v) is 7.30. The van der Waals surface area contributed by atoms with Gasteiger partial charge < -0.3 is 19.4 Å². The zero-order valence-electron chi connectivity index (χ0n) is 15.9. The molecule has 28 heavy (non-hydrogen) atoms. The molecule has 4 aliphatic rings. The van der Waals surface area contributed by atoms with Crippen LogP contribution in [0.1, 0.15) is 40.9 Å². The van der Waals surface area contributed by atoms with Crippen molar-refractivity contribution in [1.82, 2.24) is 10.3 Å². The lowest BCUT2D eigenvalue weighted by Gasteiger charge is -2.29. The first-order valence-electron chi connectivity index (χ1n) is 10.4. The van der Waals surface area contributed by atoms with E-state index in [2.05, 4.69) is 22.3 Å². The molecule has 0 aromatic carbocycles. The molecule has 1 spiro atoms. The Hall–Kier alpha value is -2.34. The second kappa shape index (κ2) is 6.08. The number of fused-ring (bicyclic) bond motifs is 2. The molecule has 2 aromatic heterocycles. The number of aryl methyl sites for hydroxylation is 2. The Kier molecular flexibility index (Phi) is 3.60. The van der Waals surface area contributed by atoms with Gasteiger partial charge in [0.15, 0.2) is 0 Å². The summed E-state index contributed by atoms with van der Waals surface area (Å²) in [5, 5.41) is 3.10. The molecule has 3 aliphatic heterocycles. The number of carbonyl (C=O) groups excluding carboxylic acids is 1. The minimum absolute atomic E-state index is 0.0591. The Morgan fingerprint density at radius 3 is 3.18 bits per heavy atom. The highest BCUT2D eigenvalue weighted by atomic mass is 16.5. The second-order valence-corrected chi connectivity index (χ2v) is 8.76. The van der Waals surface area contributed by atoms with Gasteiger partial charge in [-0.25, -0.2) is 4.98 Å². The fourth-order valence-electron chi connectivity index (χ4n) is 5.93. The summed E-state index contributed by atoms with van der Waals surface area (Å²) in [6, 6.07) is 6.15. The lowest BCUT2D eigenvalue weighted by Crippen LogP contribution is -2.41. The van der Waals surface area contributed by atoms with Crippen LogP contribution in [0.3, 0.4) is 0 Å². The molecule has 6 heteroatoms. The number of ether oxygens (including phenoxy) is 1. The Labute approximate surface area is 164 Å². The number of carbonyl (C=O) groups is 1. The number of rotatable bonds is 4. The van der Waals surface area contributed by atoms with E-state index in [1.807, 2.05) is 0 Å². The molecule has 5 heterocycles. The fourth-order valence-corrected chi connectivity index (χ4v) is 5.93. The summed E-state index contributed by atoms with van der Waals surface area (Å²) in [4.78, 5) is 19.7. The molecule has 1 aliphatic carbocycles. The average molecular weight is 379 g/mol. The number of nitrogens with zero attached hydrogens (tertiary/aromatic N) is 2. The molecule has 1 N–H and O–H groups in total. The lowest BCUT2D eigenvalue weighted by atomic mass is 9.73. The van der Waals surface area contributed by atoms with Crippen LogP contribution in [0, 0.1) is 11.8 Å². The SMILES string of the molecule is O=C(NC[C@H]1[C@H]2CN(c3ccc4c(n3)CCC4)C[C@]23CC[C@H]1O3)c1ccoc1. The van der Waals surface area contributed by atoms with E-state index in [-0.39, 0.29) is 17.6 Å². The topological polar surface area (TPSA) is 67.6 Å². The number of pyridine rings is 1. The van der Waals surface area contributed by atoms with Gasteiger partial charge >= 0.3 is 0 Å². The summed E-state index contributed by atoms with van der Waals surface area (Å²) in [6.07, 6.45) is 9.00. The summed E-state index contributed by atoms with van der Waals surface area (Å²) in [5.74, 6) is 1.84. The van der Waals surface area contributed by atoms with Gasteiger partial charge in [-0.05, 0) is 49.8 Å². The van der Waals surface area contributed by atoms with Crippen molar-refractivity contribution in [3.05, 3.63) is 47.5 Å². The molecule has 0 saturated carbocycles. The van der Waals surface area contributed by atoms with Crippen LogP contribution in [0.2, 0.25) is 0 Å². The predicted octanol–water partition coefficient (Wildman–Crippen LogP) is 2.58. The van der Waals surface area contributed by atoms with Gasteiger partial charge in [0.1, 0.15) is 12.1 Å². The molecular formula is C22H25N3O3. The number of anilines is 1. The molecule has 2 aromatic rings. The van der Waals surface area contributed by atoms with Crippen molar-refractivity contribution >= 4 is 11.7 Å². The summed E-state index contributed by atoms with van der Waals surface area (Å²) in [5.41, 5.74) is 3.21. The Morgan fingerprint density at radius 2 is 2.29 bits per heavy atom. The standard InChI is InChI=1S/C22H25N3O3/c26-21(15-7-9-27-12-15)23-10-16-17-11-25(13-22(17)8-6-19(16)28-22)20-5-4-14-2-1-3-18(14)24-20/h4-5,7,9,12,16-17,19H,1-3,6,8,10-11,13H2,(H,23,26)/t16-,17+,19+,22+/m0/s1. The maximum Gasteiger partial charge on any atom is 0.254 e. The Bertz CT molecular complexity index is 912. The molecule has 0 radical (unpaired) electrons. The molecule has 3 fully saturated rings. The van der Waals surface area contributed by atoms with Crippen molar-refractivity contribution < 1.29 is 13.9 Å². The normalized spacial score (nSPS) is 32.6. The smallest absolute Gasteiger partial charge is 0.254 e. The van der Waals surface area contributed by atoms with Crippen molar-refractivity contribution in [3.8, 4) is 0 Å². The van der Waals surface area contributed by atoms with E-state index < -0.39 is 0 Å². The van der Waals surface area contributed by atoms with Gasteiger partial charge in [-0.2, -0.15) is 0 Å². The van der Waals surface area contributed by atoms with Gasteiger partial charge in [-0.3, -0.25) is 4.79 Å². The van der Waals surface area contributed by atoms with Gasteiger partial charge in [0.05, 0.1) is 23.5 Å². The number of amides is 1. The van der Waals surface area contributed by atoms with Crippen LogP contribution < -0.4 is 10.2 Å². The van der Waals surface area contributed by atoms with Crippen molar-refractivity contribution in [1.29, 1.82) is 0 Å². The maximum absolute atomic E-state index is 12.3. The Balaban J connectivity index is 1.19. The van der Waals surface area contributed by atoms with Crippen LogP contribution in [-0.2, 0) is 17.6 Å². The van der Waals surface area contributed by atoms with Gasteiger partial charge in [-0.1, -0.05) is 6.07 Å². The number of nitrogens with one attached hydrogen (secondary N) is 1. The average Bonchev–Trinajstić information content (AvgIpc) is 3.51.